The van der Waals surface area contributed by atoms with E-state index in [2.05, 4.69) is 26.0 Å². The number of amides is 2. The third kappa shape index (κ3) is 8.32. The van der Waals surface area contributed by atoms with Crippen LogP contribution >= 0.6 is 15.9 Å². The normalized spacial score (nSPS) is 11.1. The molecule has 0 saturated heterocycles. The first-order chi connectivity index (χ1) is 19.3. The second-order valence-electron chi connectivity index (χ2n) is 8.65. The van der Waals surface area contributed by atoms with Gasteiger partial charge in [-0.3, -0.25) is 4.90 Å². The average Bonchev–Trinajstić information content (AvgIpc) is 2.95. The van der Waals surface area contributed by atoms with Gasteiger partial charge in [0.1, 0.15) is 17.2 Å². The lowest BCUT2D eigenvalue weighted by molar-refractivity contribution is 0.257. The average molecular weight is 625 g/mol. The Morgan fingerprint density at radius 1 is 0.825 bits per heavy atom. The van der Waals surface area contributed by atoms with Crippen LogP contribution in [0, 0.1) is 0 Å². The van der Waals surface area contributed by atoms with Crippen LogP contribution in [0.25, 0.3) is 0 Å². The summed E-state index contributed by atoms with van der Waals surface area (Å²) < 4.78 is 40.1. The predicted molar refractivity (Wildman–Crippen MR) is 161 cm³/mol. The number of carbonyl (C=O) groups excluding carboxylic acids is 1. The summed E-state index contributed by atoms with van der Waals surface area (Å²) in [7, 11) is -3.67. The number of para-hydroxylation sites is 1. The molecule has 0 spiro atoms. The number of nitrogens with one attached hydrogen (secondary N) is 2. The van der Waals surface area contributed by atoms with Gasteiger partial charge >= 0.3 is 6.03 Å². The van der Waals surface area contributed by atoms with Crippen molar-refractivity contribution in [1.29, 1.82) is 0 Å². The largest absolute Gasteiger partial charge is 0.494 e. The lowest BCUT2D eigenvalue weighted by atomic mass is 10.2. The van der Waals surface area contributed by atoms with Gasteiger partial charge in [-0.15, -0.1) is 0 Å². The molecule has 10 heteroatoms. The van der Waals surface area contributed by atoms with Gasteiger partial charge in [0, 0.05) is 28.9 Å². The van der Waals surface area contributed by atoms with Crippen molar-refractivity contribution in [2.75, 3.05) is 29.9 Å². The number of halogens is 1. The molecule has 0 aliphatic carbocycles. The highest BCUT2D eigenvalue weighted by molar-refractivity contribution is 9.10. The molecular weight excluding hydrogens is 594 g/mol. The number of benzene rings is 4. The molecule has 0 heterocycles. The Bertz CT molecular complexity index is 1480. The number of urea groups is 1. The molecule has 0 saturated carbocycles. The first-order valence-electron chi connectivity index (χ1n) is 12.7. The van der Waals surface area contributed by atoms with Crippen molar-refractivity contribution < 1.29 is 22.7 Å². The minimum Gasteiger partial charge on any atom is -0.494 e. The van der Waals surface area contributed by atoms with Crippen LogP contribution in [0.15, 0.2) is 112 Å². The summed E-state index contributed by atoms with van der Waals surface area (Å²) in [6, 6.07) is 29.7. The maximum absolute atomic E-state index is 13.4. The van der Waals surface area contributed by atoms with E-state index in [1.165, 1.54) is 12.1 Å². The Labute approximate surface area is 243 Å². The summed E-state index contributed by atoms with van der Waals surface area (Å²) >= 11 is 3.31. The Kier molecular flexibility index (Phi) is 10.2. The van der Waals surface area contributed by atoms with Gasteiger partial charge in [-0.25, -0.2) is 17.9 Å². The van der Waals surface area contributed by atoms with Gasteiger partial charge in [0.2, 0.25) is 10.0 Å². The van der Waals surface area contributed by atoms with Crippen molar-refractivity contribution in [2.24, 2.45) is 0 Å². The highest BCUT2D eigenvalue weighted by atomic mass is 79.9. The third-order valence-corrected chi connectivity index (χ3v) is 7.77. The topological polar surface area (TPSA) is 97.0 Å². The standard InChI is InChI=1S/C30H30BrN3O5S/c1-2-38-26-15-11-24(12-16-26)33-30(35)34(22-6-21-32-40(36,37)29-19-9-23(31)10-20-29)25-13-17-28(18-14-25)39-27-7-4-3-5-8-27/h3-5,7-20,32H,2,6,21-22H2,1H3,(H,33,35). The van der Waals surface area contributed by atoms with Gasteiger partial charge in [0.05, 0.1) is 11.5 Å². The zero-order chi connectivity index (χ0) is 28.4. The van der Waals surface area contributed by atoms with Crippen molar-refractivity contribution in [3.05, 3.63) is 108 Å². The molecule has 4 aromatic rings. The number of carbonyl (C=O) groups is 1. The van der Waals surface area contributed by atoms with Crippen molar-refractivity contribution in [1.82, 2.24) is 4.72 Å². The Balaban J connectivity index is 1.44. The van der Waals surface area contributed by atoms with Crippen molar-refractivity contribution in [3.8, 4) is 17.2 Å². The fourth-order valence-electron chi connectivity index (χ4n) is 3.80. The number of anilines is 2. The first-order valence-corrected chi connectivity index (χ1v) is 15.0. The van der Waals surface area contributed by atoms with Crippen LogP contribution in [0.4, 0.5) is 16.2 Å². The molecule has 4 aromatic carbocycles. The molecule has 2 amide bonds. The highest BCUT2D eigenvalue weighted by Gasteiger charge is 2.18. The van der Waals surface area contributed by atoms with Crippen LogP contribution in [0.1, 0.15) is 13.3 Å². The number of rotatable bonds is 12. The van der Waals surface area contributed by atoms with Gasteiger partial charge < -0.3 is 14.8 Å². The molecule has 0 radical (unpaired) electrons. The van der Waals surface area contributed by atoms with Crippen LogP contribution in [-0.4, -0.2) is 34.1 Å². The summed E-state index contributed by atoms with van der Waals surface area (Å²) in [6.07, 6.45) is 0.384. The lowest BCUT2D eigenvalue weighted by Gasteiger charge is -2.24. The number of nitrogens with zero attached hydrogens (tertiary/aromatic N) is 1. The zero-order valence-electron chi connectivity index (χ0n) is 21.9. The Morgan fingerprint density at radius 3 is 2.10 bits per heavy atom. The van der Waals surface area contributed by atoms with Gasteiger partial charge in [-0.1, -0.05) is 34.1 Å². The van der Waals surface area contributed by atoms with E-state index in [-0.39, 0.29) is 24.0 Å². The summed E-state index contributed by atoms with van der Waals surface area (Å²) in [4.78, 5) is 15.1. The molecule has 0 atom stereocenters. The third-order valence-electron chi connectivity index (χ3n) is 5.76. The van der Waals surface area contributed by atoms with Crippen LogP contribution in [0.5, 0.6) is 17.2 Å². The van der Waals surface area contributed by atoms with Crippen LogP contribution in [-0.2, 0) is 10.0 Å². The summed E-state index contributed by atoms with van der Waals surface area (Å²) in [6.45, 7) is 2.88. The minimum atomic E-state index is -3.67. The molecule has 0 aliphatic rings. The van der Waals surface area contributed by atoms with Gasteiger partial charge in [0.25, 0.3) is 0 Å². The number of sulfonamides is 1. The van der Waals surface area contributed by atoms with E-state index in [9.17, 15) is 13.2 Å². The maximum atomic E-state index is 13.4. The summed E-state index contributed by atoms with van der Waals surface area (Å²) in [5.74, 6) is 2.05. The fourth-order valence-corrected chi connectivity index (χ4v) is 5.14. The SMILES string of the molecule is CCOc1ccc(NC(=O)N(CCCNS(=O)(=O)c2ccc(Br)cc2)c2ccc(Oc3ccccc3)cc2)cc1. The molecule has 0 bridgehead atoms. The number of ether oxygens (including phenoxy) is 2. The van der Waals surface area contributed by atoms with E-state index < -0.39 is 10.0 Å². The van der Waals surface area contributed by atoms with Crippen molar-refractivity contribution >= 4 is 43.4 Å². The van der Waals surface area contributed by atoms with Crippen molar-refractivity contribution in [2.45, 2.75) is 18.2 Å². The van der Waals surface area contributed by atoms with Gasteiger partial charge in [-0.05, 0) is 98.3 Å². The molecule has 0 unspecified atom stereocenters. The molecule has 40 heavy (non-hydrogen) atoms. The van der Waals surface area contributed by atoms with Crippen LogP contribution in [0.3, 0.4) is 0 Å². The predicted octanol–water partition coefficient (Wildman–Crippen LogP) is 7.05. The Morgan fingerprint density at radius 2 is 1.45 bits per heavy atom. The van der Waals surface area contributed by atoms with Gasteiger partial charge in [-0.2, -0.15) is 0 Å². The first kappa shape index (κ1) is 29.1. The number of hydrogen-bond acceptors (Lipinski definition) is 5. The van der Waals surface area contributed by atoms with Crippen LogP contribution < -0.4 is 24.4 Å². The quantitative estimate of drug-likeness (QED) is 0.165. The molecule has 8 nitrogen and oxygen atoms in total. The molecule has 208 valence electrons. The second kappa shape index (κ2) is 14.0. The minimum absolute atomic E-state index is 0.153. The molecular formula is C30H30BrN3O5S. The van der Waals surface area contributed by atoms with E-state index >= 15 is 0 Å². The van der Waals surface area contributed by atoms with E-state index in [1.54, 1.807) is 65.6 Å². The maximum Gasteiger partial charge on any atom is 0.326 e. The molecule has 0 fully saturated rings. The summed E-state index contributed by atoms with van der Waals surface area (Å²) in [5.41, 5.74) is 1.25. The molecule has 2 N–H and O–H groups in total. The molecule has 4 rings (SSSR count). The number of hydrogen-bond donors (Lipinski definition) is 2. The van der Waals surface area contributed by atoms with E-state index in [4.69, 9.17) is 9.47 Å². The molecule has 0 aromatic heterocycles. The molecule has 0 aliphatic heterocycles. The second-order valence-corrected chi connectivity index (χ2v) is 11.3. The van der Waals surface area contributed by atoms with Crippen molar-refractivity contribution in [3.63, 3.8) is 0 Å². The summed E-state index contributed by atoms with van der Waals surface area (Å²) in [5, 5.41) is 2.91. The lowest BCUT2D eigenvalue weighted by Crippen LogP contribution is -2.37. The fraction of sp³-hybridized carbons (Fsp3) is 0.167. The smallest absolute Gasteiger partial charge is 0.326 e. The Hall–Kier alpha value is -3.86. The monoisotopic (exact) mass is 623 g/mol. The zero-order valence-corrected chi connectivity index (χ0v) is 24.3. The van der Waals surface area contributed by atoms with E-state index in [0.29, 0.717) is 41.7 Å². The highest BCUT2D eigenvalue weighted by Crippen LogP contribution is 2.25. The van der Waals surface area contributed by atoms with E-state index in [0.717, 1.165) is 4.47 Å². The van der Waals surface area contributed by atoms with Gasteiger partial charge in [0.15, 0.2) is 0 Å². The van der Waals surface area contributed by atoms with E-state index in [1.807, 2.05) is 37.3 Å². The van der Waals surface area contributed by atoms with Crippen LogP contribution in [0.2, 0.25) is 0 Å².